The highest BCUT2D eigenvalue weighted by Gasteiger charge is 2.09. The fourth-order valence-corrected chi connectivity index (χ4v) is 2.21. The summed E-state index contributed by atoms with van der Waals surface area (Å²) < 4.78 is 0. The predicted octanol–water partition coefficient (Wildman–Crippen LogP) is 2.21. The maximum Gasteiger partial charge on any atom is 0.335 e. The molecule has 0 atom stereocenters. The second kappa shape index (κ2) is 6.67. The van der Waals surface area contributed by atoms with Crippen molar-refractivity contribution in [1.82, 2.24) is 10.3 Å². The van der Waals surface area contributed by atoms with E-state index in [1.165, 1.54) is 11.3 Å². The molecule has 0 saturated heterocycles. The Balaban J connectivity index is 1.84. The molecule has 0 aliphatic heterocycles. The SMILES string of the molecule is O=C(NCCc1ccccc1C(=O)O)Nc1nccs1. The molecule has 1 aromatic carbocycles. The molecule has 0 fully saturated rings. The number of aromatic carboxylic acids is 1. The monoisotopic (exact) mass is 291 g/mol. The third-order valence-electron chi connectivity index (χ3n) is 2.58. The summed E-state index contributed by atoms with van der Waals surface area (Å²) in [6.45, 7) is 0.349. The number of hydrogen-bond donors (Lipinski definition) is 3. The van der Waals surface area contributed by atoms with Gasteiger partial charge < -0.3 is 10.4 Å². The first-order valence-corrected chi connectivity index (χ1v) is 6.80. The Hall–Kier alpha value is -2.41. The lowest BCUT2D eigenvalue weighted by Crippen LogP contribution is -2.30. The number of thiazole rings is 1. The van der Waals surface area contributed by atoms with Crippen molar-refractivity contribution in [3.05, 3.63) is 47.0 Å². The van der Waals surface area contributed by atoms with Gasteiger partial charge in [-0.25, -0.2) is 14.6 Å². The number of urea groups is 1. The lowest BCUT2D eigenvalue weighted by Gasteiger charge is -2.07. The first kappa shape index (κ1) is 14.0. The van der Waals surface area contributed by atoms with Crippen molar-refractivity contribution in [1.29, 1.82) is 0 Å². The van der Waals surface area contributed by atoms with E-state index >= 15 is 0 Å². The van der Waals surface area contributed by atoms with E-state index in [4.69, 9.17) is 5.11 Å². The summed E-state index contributed by atoms with van der Waals surface area (Å²) in [5.41, 5.74) is 0.948. The van der Waals surface area contributed by atoms with Crippen LogP contribution in [-0.2, 0) is 6.42 Å². The smallest absolute Gasteiger partial charge is 0.335 e. The van der Waals surface area contributed by atoms with Crippen molar-refractivity contribution in [2.45, 2.75) is 6.42 Å². The number of nitrogens with zero attached hydrogens (tertiary/aromatic N) is 1. The van der Waals surface area contributed by atoms with Gasteiger partial charge in [-0.3, -0.25) is 5.32 Å². The normalized spacial score (nSPS) is 10.0. The molecule has 7 heteroatoms. The molecule has 0 spiro atoms. The topological polar surface area (TPSA) is 91.3 Å². The standard InChI is InChI=1S/C13H13N3O3S/c17-11(18)10-4-2-1-3-9(10)5-6-14-12(19)16-13-15-7-8-20-13/h1-4,7-8H,5-6H2,(H,17,18)(H2,14,15,16,19). The van der Waals surface area contributed by atoms with Crippen LogP contribution in [0.3, 0.4) is 0 Å². The molecule has 3 N–H and O–H groups in total. The Morgan fingerprint density at radius 2 is 2.10 bits per heavy atom. The highest BCUT2D eigenvalue weighted by molar-refractivity contribution is 7.13. The summed E-state index contributed by atoms with van der Waals surface area (Å²) in [6.07, 6.45) is 2.05. The van der Waals surface area contributed by atoms with Crippen molar-refractivity contribution in [3.63, 3.8) is 0 Å². The Kier molecular flexibility index (Phi) is 4.67. The van der Waals surface area contributed by atoms with Gasteiger partial charge in [-0.15, -0.1) is 11.3 Å². The molecule has 0 aliphatic carbocycles. The van der Waals surface area contributed by atoms with Crippen LogP contribution in [0.2, 0.25) is 0 Å². The average molecular weight is 291 g/mol. The van der Waals surface area contributed by atoms with Gasteiger partial charge in [0, 0.05) is 18.1 Å². The molecule has 1 aromatic heterocycles. The quantitative estimate of drug-likeness (QED) is 0.787. The van der Waals surface area contributed by atoms with E-state index < -0.39 is 5.97 Å². The molecule has 2 aromatic rings. The lowest BCUT2D eigenvalue weighted by molar-refractivity contribution is 0.0695. The molecule has 1 heterocycles. The van der Waals surface area contributed by atoms with E-state index in [9.17, 15) is 9.59 Å². The van der Waals surface area contributed by atoms with Crippen molar-refractivity contribution in [2.24, 2.45) is 0 Å². The van der Waals surface area contributed by atoms with Crippen LogP contribution in [0.4, 0.5) is 9.93 Å². The van der Waals surface area contributed by atoms with Gasteiger partial charge >= 0.3 is 12.0 Å². The lowest BCUT2D eigenvalue weighted by atomic mass is 10.0. The molecular formula is C13H13N3O3S. The van der Waals surface area contributed by atoms with Gasteiger partial charge in [0.25, 0.3) is 0 Å². The molecule has 0 radical (unpaired) electrons. The molecule has 2 rings (SSSR count). The van der Waals surface area contributed by atoms with Crippen molar-refractivity contribution >= 4 is 28.5 Å². The Labute approximate surface area is 119 Å². The van der Waals surface area contributed by atoms with Crippen molar-refractivity contribution < 1.29 is 14.7 Å². The van der Waals surface area contributed by atoms with E-state index in [-0.39, 0.29) is 11.6 Å². The van der Waals surface area contributed by atoms with Gasteiger partial charge in [-0.05, 0) is 18.1 Å². The van der Waals surface area contributed by atoms with Crippen molar-refractivity contribution in [2.75, 3.05) is 11.9 Å². The third-order valence-corrected chi connectivity index (χ3v) is 3.27. The summed E-state index contributed by atoms with van der Waals surface area (Å²) in [6, 6.07) is 6.39. The molecule has 0 unspecified atom stereocenters. The molecule has 2 amide bonds. The highest BCUT2D eigenvalue weighted by atomic mass is 32.1. The van der Waals surface area contributed by atoms with E-state index in [1.54, 1.807) is 35.8 Å². The summed E-state index contributed by atoms with van der Waals surface area (Å²) in [7, 11) is 0. The van der Waals surface area contributed by atoms with E-state index in [0.717, 1.165) is 0 Å². The first-order chi connectivity index (χ1) is 9.66. The van der Waals surface area contributed by atoms with Crippen LogP contribution < -0.4 is 10.6 Å². The minimum absolute atomic E-state index is 0.259. The molecular weight excluding hydrogens is 278 g/mol. The molecule has 0 aliphatic rings. The van der Waals surface area contributed by atoms with Gasteiger partial charge in [0.1, 0.15) is 0 Å². The summed E-state index contributed by atoms with van der Waals surface area (Å²) in [4.78, 5) is 26.5. The number of carbonyl (C=O) groups is 2. The molecule has 0 bridgehead atoms. The summed E-state index contributed by atoms with van der Waals surface area (Å²) in [5.74, 6) is -0.965. The summed E-state index contributed by atoms with van der Waals surface area (Å²) in [5, 5.41) is 16.6. The van der Waals surface area contributed by atoms with Crippen LogP contribution in [-0.4, -0.2) is 28.6 Å². The minimum atomic E-state index is -0.965. The fraction of sp³-hybridized carbons (Fsp3) is 0.154. The molecule has 6 nitrogen and oxygen atoms in total. The van der Waals surface area contributed by atoms with E-state index in [0.29, 0.717) is 23.7 Å². The second-order valence-electron chi connectivity index (χ2n) is 3.93. The Morgan fingerprint density at radius 3 is 2.80 bits per heavy atom. The molecule has 0 saturated carbocycles. The number of carboxylic acids is 1. The van der Waals surface area contributed by atoms with Crippen LogP contribution in [0.15, 0.2) is 35.8 Å². The van der Waals surface area contributed by atoms with Gasteiger partial charge in [-0.1, -0.05) is 18.2 Å². The van der Waals surface area contributed by atoms with E-state index in [1.807, 2.05) is 0 Å². The maximum absolute atomic E-state index is 11.5. The number of carbonyl (C=O) groups excluding carboxylic acids is 1. The largest absolute Gasteiger partial charge is 0.478 e. The van der Waals surface area contributed by atoms with Crippen LogP contribution in [0, 0.1) is 0 Å². The fourth-order valence-electron chi connectivity index (χ4n) is 1.68. The number of rotatable bonds is 5. The number of amides is 2. The number of hydrogen-bond acceptors (Lipinski definition) is 4. The second-order valence-corrected chi connectivity index (χ2v) is 4.83. The number of aromatic nitrogens is 1. The zero-order valence-corrected chi connectivity index (χ0v) is 11.3. The zero-order valence-electron chi connectivity index (χ0n) is 10.5. The average Bonchev–Trinajstić information content (AvgIpc) is 2.92. The number of anilines is 1. The Morgan fingerprint density at radius 1 is 1.30 bits per heavy atom. The zero-order chi connectivity index (χ0) is 14.4. The number of carboxylic acid groups (broad SMARTS) is 1. The summed E-state index contributed by atoms with van der Waals surface area (Å²) >= 11 is 1.33. The Bertz CT molecular complexity index is 599. The van der Waals surface area contributed by atoms with Crippen LogP contribution in [0.25, 0.3) is 0 Å². The first-order valence-electron chi connectivity index (χ1n) is 5.92. The van der Waals surface area contributed by atoms with Gasteiger partial charge in [0.2, 0.25) is 0 Å². The number of nitrogens with one attached hydrogen (secondary N) is 2. The molecule has 20 heavy (non-hydrogen) atoms. The van der Waals surface area contributed by atoms with Gasteiger partial charge in [0.05, 0.1) is 5.56 Å². The number of benzene rings is 1. The van der Waals surface area contributed by atoms with Gasteiger partial charge in [0.15, 0.2) is 5.13 Å². The van der Waals surface area contributed by atoms with Crippen LogP contribution >= 0.6 is 11.3 Å². The molecule has 104 valence electrons. The third kappa shape index (κ3) is 3.79. The minimum Gasteiger partial charge on any atom is -0.478 e. The van der Waals surface area contributed by atoms with E-state index in [2.05, 4.69) is 15.6 Å². The van der Waals surface area contributed by atoms with Crippen LogP contribution in [0.1, 0.15) is 15.9 Å². The predicted molar refractivity (Wildman–Crippen MR) is 76.2 cm³/mol. The van der Waals surface area contributed by atoms with Gasteiger partial charge in [-0.2, -0.15) is 0 Å². The van der Waals surface area contributed by atoms with Crippen LogP contribution in [0.5, 0.6) is 0 Å². The van der Waals surface area contributed by atoms with Crippen molar-refractivity contribution in [3.8, 4) is 0 Å². The highest BCUT2D eigenvalue weighted by Crippen LogP contribution is 2.10. The maximum atomic E-state index is 11.5.